The van der Waals surface area contributed by atoms with Crippen LogP contribution in [0.2, 0.25) is 5.02 Å². The number of benzene rings is 1. The molecule has 4 rings (SSSR count). The Morgan fingerprint density at radius 3 is 2.71 bits per heavy atom. The summed E-state index contributed by atoms with van der Waals surface area (Å²) in [5.74, 6) is 1.53. The number of anilines is 1. The van der Waals surface area contributed by atoms with E-state index in [4.69, 9.17) is 11.6 Å². The molecule has 0 amide bonds. The Hall–Kier alpha value is -2.93. The molecule has 0 aliphatic heterocycles. The normalized spacial score (nSPS) is 12.4. The van der Waals surface area contributed by atoms with Crippen molar-refractivity contribution in [3.63, 3.8) is 0 Å². The fraction of sp³-hybridized carbons (Fsp3) is 0.125. The highest BCUT2D eigenvalue weighted by atomic mass is 35.5. The molecule has 24 heavy (non-hydrogen) atoms. The van der Waals surface area contributed by atoms with Crippen LogP contribution in [-0.2, 0) is 7.05 Å². The third-order valence-electron chi connectivity index (χ3n) is 3.82. The summed E-state index contributed by atoms with van der Waals surface area (Å²) in [5, 5.41) is 4.13. The lowest BCUT2D eigenvalue weighted by Gasteiger charge is -2.20. The number of nitrogens with one attached hydrogen (secondary N) is 2. The topological polar surface area (TPSA) is 84.3 Å². The number of imidazole rings is 2. The molecule has 0 saturated heterocycles. The highest BCUT2D eigenvalue weighted by molar-refractivity contribution is 6.30. The monoisotopic (exact) mass is 339 g/mol. The number of H-pyrrole nitrogens is 1. The van der Waals surface area contributed by atoms with Crippen LogP contribution < -0.4 is 5.32 Å². The van der Waals surface area contributed by atoms with Gasteiger partial charge in [-0.05, 0) is 17.7 Å². The first-order valence-electron chi connectivity index (χ1n) is 7.35. The van der Waals surface area contributed by atoms with Gasteiger partial charge in [-0.1, -0.05) is 23.7 Å². The Kier molecular flexibility index (Phi) is 3.62. The average molecular weight is 340 g/mol. The highest BCUT2D eigenvalue weighted by Crippen LogP contribution is 2.27. The number of fused-ring (bicyclic) bond motifs is 1. The minimum atomic E-state index is -0.191. The summed E-state index contributed by atoms with van der Waals surface area (Å²) in [4.78, 5) is 20.2. The van der Waals surface area contributed by atoms with Crippen molar-refractivity contribution in [2.45, 2.75) is 6.04 Å². The van der Waals surface area contributed by atoms with Crippen LogP contribution in [0.4, 0.5) is 5.82 Å². The summed E-state index contributed by atoms with van der Waals surface area (Å²) in [6.07, 6.45) is 6.77. The molecule has 1 aromatic carbocycles. The van der Waals surface area contributed by atoms with Crippen LogP contribution in [0.15, 0.2) is 49.3 Å². The van der Waals surface area contributed by atoms with Gasteiger partial charge < -0.3 is 14.9 Å². The lowest BCUT2D eigenvalue weighted by atomic mass is 10.1. The second kappa shape index (κ2) is 5.93. The van der Waals surface area contributed by atoms with Gasteiger partial charge in [-0.3, -0.25) is 0 Å². The molecule has 0 aliphatic rings. The first kappa shape index (κ1) is 14.6. The zero-order valence-electron chi connectivity index (χ0n) is 12.8. The molecule has 1 unspecified atom stereocenters. The molecule has 4 aromatic rings. The Morgan fingerprint density at radius 2 is 1.96 bits per heavy atom. The number of nitrogens with zero attached hydrogens (tertiary/aromatic N) is 5. The van der Waals surface area contributed by atoms with Gasteiger partial charge in [-0.2, -0.15) is 0 Å². The maximum Gasteiger partial charge on any atom is 0.182 e. The van der Waals surface area contributed by atoms with Crippen LogP contribution in [0.5, 0.6) is 0 Å². The molecule has 3 aromatic heterocycles. The molecule has 0 saturated carbocycles. The van der Waals surface area contributed by atoms with Crippen molar-refractivity contribution in [1.29, 1.82) is 0 Å². The second-order valence-electron chi connectivity index (χ2n) is 5.35. The van der Waals surface area contributed by atoms with Crippen LogP contribution in [0.1, 0.15) is 17.4 Å². The molecule has 8 heteroatoms. The molecule has 2 N–H and O–H groups in total. The average Bonchev–Trinajstić information content (AvgIpc) is 3.23. The fourth-order valence-corrected chi connectivity index (χ4v) is 2.74. The third kappa shape index (κ3) is 2.59. The molecule has 0 aliphatic carbocycles. The Labute approximate surface area is 142 Å². The summed E-state index contributed by atoms with van der Waals surface area (Å²) >= 11 is 6.02. The van der Waals surface area contributed by atoms with Crippen molar-refractivity contribution in [2.24, 2.45) is 7.05 Å². The summed E-state index contributed by atoms with van der Waals surface area (Å²) in [6.45, 7) is 0. The highest BCUT2D eigenvalue weighted by Gasteiger charge is 2.20. The van der Waals surface area contributed by atoms with Crippen molar-refractivity contribution >= 4 is 28.6 Å². The number of hydrogen-bond acceptors (Lipinski definition) is 5. The summed E-state index contributed by atoms with van der Waals surface area (Å²) in [6, 6.07) is 7.48. The van der Waals surface area contributed by atoms with E-state index in [1.807, 2.05) is 42.1 Å². The maximum absolute atomic E-state index is 6.02. The van der Waals surface area contributed by atoms with Gasteiger partial charge in [0.15, 0.2) is 11.5 Å². The van der Waals surface area contributed by atoms with Crippen molar-refractivity contribution < 1.29 is 0 Å². The molecule has 1 atom stereocenters. The molecule has 0 bridgehead atoms. The third-order valence-corrected chi connectivity index (χ3v) is 4.08. The predicted molar refractivity (Wildman–Crippen MR) is 91.8 cm³/mol. The molecule has 0 radical (unpaired) electrons. The van der Waals surface area contributed by atoms with Gasteiger partial charge in [0.05, 0.1) is 6.33 Å². The van der Waals surface area contributed by atoms with E-state index in [0.29, 0.717) is 16.5 Å². The number of aryl methyl sites for hydroxylation is 1. The lowest BCUT2D eigenvalue weighted by Crippen LogP contribution is -2.17. The Balaban J connectivity index is 1.80. The molecule has 120 valence electrons. The quantitative estimate of drug-likeness (QED) is 0.597. The number of aromatic nitrogens is 6. The maximum atomic E-state index is 6.02. The van der Waals surface area contributed by atoms with Gasteiger partial charge in [0.1, 0.15) is 23.7 Å². The van der Waals surface area contributed by atoms with Crippen LogP contribution in [0.25, 0.3) is 11.2 Å². The number of hydrogen-bond donors (Lipinski definition) is 2. The van der Waals surface area contributed by atoms with E-state index >= 15 is 0 Å². The first-order chi connectivity index (χ1) is 11.7. The molecule has 0 spiro atoms. The van der Waals surface area contributed by atoms with E-state index in [1.165, 1.54) is 6.33 Å². The van der Waals surface area contributed by atoms with Gasteiger partial charge in [0, 0.05) is 24.5 Å². The standard InChI is InChI=1S/C16H14ClN7/c1-24-7-6-18-16(24)12(10-2-4-11(17)5-3-10)23-15-13-14(20-8-19-13)21-9-22-15/h2-9,12H,1H3,(H2,19,20,21,22,23). The van der Waals surface area contributed by atoms with Gasteiger partial charge in [0.2, 0.25) is 0 Å². The Bertz CT molecular complexity index is 973. The van der Waals surface area contributed by atoms with Crippen molar-refractivity contribution in [3.05, 3.63) is 65.7 Å². The minimum Gasteiger partial charge on any atom is -0.354 e. The zero-order valence-corrected chi connectivity index (χ0v) is 13.6. The van der Waals surface area contributed by atoms with Gasteiger partial charge in [-0.25, -0.2) is 19.9 Å². The predicted octanol–water partition coefficient (Wildman–Crippen LogP) is 2.94. The van der Waals surface area contributed by atoms with Gasteiger partial charge in [-0.15, -0.1) is 0 Å². The zero-order chi connectivity index (χ0) is 16.5. The fourth-order valence-electron chi connectivity index (χ4n) is 2.62. The largest absolute Gasteiger partial charge is 0.354 e. The summed E-state index contributed by atoms with van der Waals surface area (Å²) < 4.78 is 1.97. The van der Waals surface area contributed by atoms with E-state index in [1.54, 1.807) is 12.5 Å². The smallest absolute Gasteiger partial charge is 0.182 e. The van der Waals surface area contributed by atoms with Crippen LogP contribution >= 0.6 is 11.6 Å². The van der Waals surface area contributed by atoms with E-state index in [2.05, 4.69) is 30.2 Å². The van der Waals surface area contributed by atoms with Crippen LogP contribution in [-0.4, -0.2) is 29.5 Å². The van der Waals surface area contributed by atoms with Crippen LogP contribution in [0, 0.1) is 0 Å². The van der Waals surface area contributed by atoms with E-state index in [0.717, 1.165) is 16.9 Å². The second-order valence-corrected chi connectivity index (χ2v) is 5.79. The van der Waals surface area contributed by atoms with Gasteiger partial charge in [0.25, 0.3) is 0 Å². The number of rotatable bonds is 4. The first-order valence-corrected chi connectivity index (χ1v) is 7.73. The van der Waals surface area contributed by atoms with Crippen molar-refractivity contribution in [2.75, 3.05) is 5.32 Å². The van der Waals surface area contributed by atoms with Crippen LogP contribution in [0.3, 0.4) is 0 Å². The van der Waals surface area contributed by atoms with Crippen molar-refractivity contribution in [1.82, 2.24) is 29.5 Å². The minimum absolute atomic E-state index is 0.191. The van der Waals surface area contributed by atoms with E-state index in [-0.39, 0.29) is 6.04 Å². The van der Waals surface area contributed by atoms with E-state index in [9.17, 15) is 0 Å². The number of aromatic amines is 1. The summed E-state index contributed by atoms with van der Waals surface area (Å²) in [7, 11) is 1.96. The Morgan fingerprint density at radius 1 is 1.12 bits per heavy atom. The molecule has 3 heterocycles. The molecule has 7 nitrogen and oxygen atoms in total. The summed E-state index contributed by atoms with van der Waals surface area (Å²) in [5.41, 5.74) is 2.40. The molecule has 0 fully saturated rings. The van der Waals surface area contributed by atoms with E-state index < -0.39 is 0 Å². The molecular weight excluding hydrogens is 326 g/mol. The SMILES string of the molecule is Cn1ccnc1C(Nc1ncnc2nc[nH]c12)c1ccc(Cl)cc1. The van der Waals surface area contributed by atoms with Crippen molar-refractivity contribution in [3.8, 4) is 0 Å². The van der Waals surface area contributed by atoms with Gasteiger partial charge >= 0.3 is 0 Å². The molecular formula is C16H14ClN7. The number of halogens is 1. The lowest BCUT2D eigenvalue weighted by molar-refractivity contribution is 0.746.